The molecule has 0 aliphatic carbocycles. The van der Waals surface area contributed by atoms with Crippen LogP contribution in [0.5, 0.6) is 0 Å². The number of hydrogen-bond donors (Lipinski definition) is 0. The Balaban J connectivity index is 2.23. The van der Waals surface area contributed by atoms with E-state index in [-0.39, 0.29) is 23.4 Å². The van der Waals surface area contributed by atoms with Crippen LogP contribution in [0.15, 0.2) is 35.3 Å². The monoisotopic (exact) mass is 427 g/mol. The first-order chi connectivity index (χ1) is 12.8. The Morgan fingerprint density at radius 1 is 1.00 bits per heavy atom. The molecule has 0 atom stereocenters. The summed E-state index contributed by atoms with van der Waals surface area (Å²) in [5, 5.41) is 0.910. The summed E-state index contributed by atoms with van der Waals surface area (Å²) in [4.78, 5) is 28.8. The van der Waals surface area contributed by atoms with E-state index in [1.54, 1.807) is 25.6 Å². The zero-order chi connectivity index (χ0) is 19.9. The van der Waals surface area contributed by atoms with E-state index in [4.69, 9.17) is 14.5 Å². The van der Waals surface area contributed by atoms with E-state index in [9.17, 15) is 9.59 Å². The molecule has 0 amide bonds. The van der Waals surface area contributed by atoms with Crippen LogP contribution in [-0.2, 0) is 19.1 Å². The maximum Gasteiger partial charge on any atom is 0.315 e. The third-order valence-corrected chi connectivity index (χ3v) is 9.47. The largest absolute Gasteiger partial charge is 0.465 e. The molecule has 0 saturated carbocycles. The molecule has 0 spiro atoms. The minimum atomic E-state index is -0.530. The summed E-state index contributed by atoms with van der Waals surface area (Å²) in [6.45, 7) is 8.35. The fourth-order valence-electron chi connectivity index (χ4n) is 2.47. The highest BCUT2D eigenvalue weighted by molar-refractivity contribution is 8.39. The van der Waals surface area contributed by atoms with Crippen LogP contribution >= 0.6 is 35.3 Å². The number of thioether (sulfide) groups is 3. The molecule has 2 rings (SSSR count). The molecule has 1 aliphatic heterocycles. The van der Waals surface area contributed by atoms with Gasteiger partial charge in [0.05, 0.1) is 30.3 Å². The Morgan fingerprint density at radius 3 is 2.00 bits per heavy atom. The first-order valence-electron chi connectivity index (χ1n) is 8.77. The summed E-state index contributed by atoms with van der Waals surface area (Å²) < 4.78 is 9.64. The van der Waals surface area contributed by atoms with Crippen LogP contribution in [0.2, 0.25) is 0 Å². The van der Waals surface area contributed by atoms with Gasteiger partial charge in [-0.05, 0) is 27.7 Å². The van der Waals surface area contributed by atoms with Gasteiger partial charge in [-0.1, -0.05) is 42.1 Å². The number of aliphatic imine (C=N–C) groups is 1. The smallest absolute Gasteiger partial charge is 0.315 e. The Labute approximate surface area is 173 Å². The molecule has 0 unspecified atom stereocenters. The van der Waals surface area contributed by atoms with Gasteiger partial charge in [0.2, 0.25) is 0 Å². The van der Waals surface area contributed by atoms with Gasteiger partial charge < -0.3 is 9.47 Å². The molecule has 27 heavy (non-hydrogen) atoms. The number of carbonyl (C=O) groups excluding carboxylic acids is 2. The molecule has 1 aliphatic rings. The Hall–Kier alpha value is -1.12. The number of nitrogens with zero attached hydrogens (tertiary/aromatic N) is 1. The van der Waals surface area contributed by atoms with Crippen LogP contribution in [0.1, 0.15) is 33.3 Å². The molecular weight excluding hydrogens is 402 g/mol. The van der Waals surface area contributed by atoms with Crippen molar-refractivity contribution >= 4 is 52.3 Å². The van der Waals surface area contributed by atoms with Crippen molar-refractivity contribution in [3.63, 3.8) is 0 Å². The summed E-state index contributed by atoms with van der Waals surface area (Å²) in [6, 6.07) is 9.95. The second-order valence-corrected chi connectivity index (χ2v) is 10.5. The third kappa shape index (κ3) is 5.68. The molecule has 0 fully saturated rings. The minimum absolute atomic E-state index is 0.206. The summed E-state index contributed by atoms with van der Waals surface area (Å²) >= 11 is 4.55. The van der Waals surface area contributed by atoms with Gasteiger partial charge >= 0.3 is 11.9 Å². The normalized spacial score (nSPS) is 17.3. The molecule has 0 bridgehead atoms. The van der Waals surface area contributed by atoms with Crippen molar-refractivity contribution in [2.75, 3.05) is 24.7 Å². The molecule has 1 heterocycles. The Bertz CT molecular complexity index is 669. The zero-order valence-electron chi connectivity index (χ0n) is 16.0. The number of benzene rings is 1. The Kier molecular flexibility index (Phi) is 8.12. The van der Waals surface area contributed by atoms with E-state index in [0.29, 0.717) is 13.2 Å². The summed E-state index contributed by atoms with van der Waals surface area (Å²) in [5.74, 6) is -0.110. The fraction of sp³-hybridized carbons (Fsp3) is 0.526. The highest BCUT2D eigenvalue weighted by Crippen LogP contribution is 2.60. The third-order valence-electron chi connectivity index (χ3n) is 3.75. The first kappa shape index (κ1) is 22.2. The van der Waals surface area contributed by atoms with Crippen molar-refractivity contribution in [2.24, 2.45) is 4.99 Å². The molecule has 0 saturated heterocycles. The van der Waals surface area contributed by atoms with Gasteiger partial charge in [-0.25, -0.2) is 0 Å². The quantitative estimate of drug-likeness (QED) is 0.432. The van der Waals surface area contributed by atoms with Crippen molar-refractivity contribution < 1.29 is 19.1 Å². The SMILES string of the molecule is CCOC(=O)CSC1(SCC(=O)OCC)SC(c2ccccc2)=NC1(C)C. The molecule has 5 nitrogen and oxygen atoms in total. The predicted octanol–water partition coefficient (Wildman–Crippen LogP) is 4.21. The number of hydrogen-bond acceptors (Lipinski definition) is 8. The number of carbonyl (C=O) groups is 2. The predicted molar refractivity (Wildman–Crippen MR) is 116 cm³/mol. The lowest BCUT2D eigenvalue weighted by Crippen LogP contribution is -2.39. The van der Waals surface area contributed by atoms with Crippen LogP contribution in [0, 0.1) is 0 Å². The van der Waals surface area contributed by atoms with Gasteiger partial charge in [0.25, 0.3) is 0 Å². The lowest BCUT2D eigenvalue weighted by atomic mass is 10.1. The lowest BCUT2D eigenvalue weighted by molar-refractivity contribution is -0.140. The molecular formula is C19H25NO4S3. The molecule has 148 valence electrons. The summed E-state index contributed by atoms with van der Waals surface area (Å²) in [6.07, 6.45) is 0. The van der Waals surface area contributed by atoms with Gasteiger partial charge in [-0.2, -0.15) is 0 Å². The van der Waals surface area contributed by atoms with Crippen LogP contribution in [0.25, 0.3) is 0 Å². The van der Waals surface area contributed by atoms with Gasteiger partial charge in [0, 0.05) is 5.56 Å². The van der Waals surface area contributed by atoms with Crippen LogP contribution in [-0.4, -0.2) is 50.7 Å². The molecule has 0 N–H and O–H groups in total. The fourth-order valence-corrected chi connectivity index (χ4v) is 7.11. The van der Waals surface area contributed by atoms with Crippen molar-refractivity contribution in [3.05, 3.63) is 35.9 Å². The van der Waals surface area contributed by atoms with Crippen LogP contribution in [0.3, 0.4) is 0 Å². The topological polar surface area (TPSA) is 65.0 Å². The maximum absolute atomic E-state index is 12.0. The van der Waals surface area contributed by atoms with E-state index in [1.165, 1.54) is 23.5 Å². The average Bonchev–Trinajstić information content (AvgIpc) is 2.91. The summed E-state index contributed by atoms with van der Waals surface area (Å²) in [7, 11) is 0. The van der Waals surface area contributed by atoms with Crippen molar-refractivity contribution in [1.82, 2.24) is 0 Å². The van der Waals surface area contributed by atoms with E-state index in [1.807, 2.05) is 44.2 Å². The first-order valence-corrected chi connectivity index (χ1v) is 11.6. The van der Waals surface area contributed by atoms with Crippen molar-refractivity contribution in [3.8, 4) is 0 Å². The van der Waals surface area contributed by atoms with E-state index in [0.717, 1.165) is 10.6 Å². The standard InChI is InChI=1S/C19H25NO4S3/c1-5-23-15(21)12-25-19(26-13-16(22)24-6-2)18(3,4)20-17(27-19)14-10-8-7-9-11-14/h7-11H,5-6,12-13H2,1-4H3. The average molecular weight is 428 g/mol. The van der Waals surface area contributed by atoms with E-state index in [2.05, 4.69) is 0 Å². The highest BCUT2D eigenvalue weighted by atomic mass is 32.3. The summed E-state index contributed by atoms with van der Waals surface area (Å²) in [5.41, 5.74) is 0.544. The molecule has 1 aromatic rings. The second-order valence-electron chi connectivity index (χ2n) is 6.19. The molecule has 0 aromatic heterocycles. The Morgan fingerprint density at radius 2 is 1.52 bits per heavy atom. The molecule has 8 heteroatoms. The maximum atomic E-state index is 12.0. The number of rotatable bonds is 9. The van der Waals surface area contributed by atoms with Gasteiger partial charge in [-0.3, -0.25) is 14.6 Å². The van der Waals surface area contributed by atoms with Crippen molar-refractivity contribution in [2.45, 2.75) is 36.6 Å². The number of ether oxygens (including phenoxy) is 2. The van der Waals surface area contributed by atoms with Crippen molar-refractivity contribution in [1.29, 1.82) is 0 Å². The van der Waals surface area contributed by atoms with E-state index >= 15 is 0 Å². The van der Waals surface area contributed by atoms with E-state index < -0.39 is 8.95 Å². The lowest BCUT2D eigenvalue weighted by Gasteiger charge is -2.37. The van der Waals surface area contributed by atoms with Crippen LogP contribution < -0.4 is 0 Å². The highest BCUT2D eigenvalue weighted by Gasteiger charge is 2.53. The van der Waals surface area contributed by atoms with Gasteiger partial charge in [-0.15, -0.1) is 23.5 Å². The molecule has 1 aromatic carbocycles. The van der Waals surface area contributed by atoms with Gasteiger partial charge in [0.15, 0.2) is 0 Å². The molecule has 0 radical (unpaired) electrons. The minimum Gasteiger partial charge on any atom is -0.465 e. The zero-order valence-corrected chi connectivity index (χ0v) is 18.5. The van der Waals surface area contributed by atoms with Crippen LogP contribution in [0.4, 0.5) is 0 Å². The van der Waals surface area contributed by atoms with Gasteiger partial charge in [0.1, 0.15) is 8.45 Å². The number of esters is 2. The second kappa shape index (κ2) is 9.89.